The minimum absolute atomic E-state index is 0.101. The molecule has 0 radical (unpaired) electrons. The number of nitrogens with one attached hydrogen (secondary N) is 1. The Morgan fingerprint density at radius 1 is 1.35 bits per heavy atom. The lowest BCUT2D eigenvalue weighted by Gasteiger charge is -2.32. The average Bonchev–Trinajstić information content (AvgIpc) is 3.16. The van der Waals surface area contributed by atoms with Crippen molar-refractivity contribution in [1.29, 1.82) is 0 Å². The maximum absolute atomic E-state index is 12.8. The summed E-state index contributed by atoms with van der Waals surface area (Å²) in [5, 5.41) is 16.8. The molecule has 26 heavy (non-hydrogen) atoms. The smallest absolute Gasteiger partial charge is 0.257 e. The first kappa shape index (κ1) is 17.7. The van der Waals surface area contributed by atoms with Gasteiger partial charge in [-0.05, 0) is 43.0 Å². The fourth-order valence-corrected chi connectivity index (χ4v) is 3.06. The number of nitrogens with zero attached hydrogens (tertiary/aromatic N) is 4. The third-order valence-corrected chi connectivity index (χ3v) is 4.49. The predicted octanol–water partition coefficient (Wildman–Crippen LogP) is 1.66. The number of aromatic hydroxyl groups is 1. The molecule has 0 aliphatic carbocycles. The predicted molar refractivity (Wildman–Crippen MR) is 95.6 cm³/mol. The Balaban J connectivity index is 1.63. The minimum Gasteiger partial charge on any atom is -0.507 e. The van der Waals surface area contributed by atoms with E-state index in [-0.39, 0.29) is 23.1 Å². The van der Waals surface area contributed by atoms with E-state index in [0.29, 0.717) is 24.7 Å². The molecule has 8 nitrogen and oxygen atoms in total. The summed E-state index contributed by atoms with van der Waals surface area (Å²) < 4.78 is 1.81. The standard InChI is InChI=1S/C18H21N5O3/c1-2-17(25)21-14-3-4-16(24)15(9-14)18(26)22-7-5-13(6-8-22)10-23-12-19-11-20-23/h2-4,9,11-13,24H,1,5-8,10H2,(H,21,25). The maximum Gasteiger partial charge on any atom is 0.257 e. The van der Waals surface area contributed by atoms with Gasteiger partial charge in [-0.25, -0.2) is 4.98 Å². The van der Waals surface area contributed by atoms with E-state index in [9.17, 15) is 14.7 Å². The largest absolute Gasteiger partial charge is 0.507 e. The fourth-order valence-electron chi connectivity index (χ4n) is 3.06. The van der Waals surface area contributed by atoms with Crippen LogP contribution >= 0.6 is 0 Å². The Morgan fingerprint density at radius 3 is 2.77 bits per heavy atom. The quantitative estimate of drug-likeness (QED) is 0.628. The van der Waals surface area contributed by atoms with Crippen LogP contribution in [0.4, 0.5) is 5.69 Å². The van der Waals surface area contributed by atoms with Gasteiger partial charge < -0.3 is 15.3 Å². The number of aromatic nitrogens is 3. The molecule has 8 heteroatoms. The number of likely N-dealkylation sites (tertiary alicyclic amines) is 1. The van der Waals surface area contributed by atoms with E-state index >= 15 is 0 Å². The number of amides is 2. The summed E-state index contributed by atoms with van der Waals surface area (Å²) in [6.07, 6.45) is 6.07. The number of rotatable bonds is 5. The first-order valence-corrected chi connectivity index (χ1v) is 8.45. The second kappa shape index (κ2) is 7.81. The van der Waals surface area contributed by atoms with Crippen molar-refractivity contribution >= 4 is 17.5 Å². The number of carbonyl (C=O) groups excluding carboxylic acids is 2. The molecule has 2 amide bonds. The van der Waals surface area contributed by atoms with Crippen molar-refractivity contribution in [3.63, 3.8) is 0 Å². The van der Waals surface area contributed by atoms with Crippen molar-refractivity contribution < 1.29 is 14.7 Å². The van der Waals surface area contributed by atoms with Gasteiger partial charge in [-0.15, -0.1) is 0 Å². The monoisotopic (exact) mass is 355 g/mol. The molecule has 1 aromatic heterocycles. The van der Waals surface area contributed by atoms with Gasteiger partial charge in [0.1, 0.15) is 18.4 Å². The summed E-state index contributed by atoms with van der Waals surface area (Å²) in [6.45, 7) is 5.40. The van der Waals surface area contributed by atoms with Crippen molar-refractivity contribution in [2.24, 2.45) is 5.92 Å². The van der Waals surface area contributed by atoms with E-state index in [4.69, 9.17) is 0 Å². The van der Waals surface area contributed by atoms with E-state index in [1.165, 1.54) is 24.5 Å². The molecule has 2 heterocycles. The number of benzene rings is 1. The Kier molecular flexibility index (Phi) is 5.31. The molecule has 1 aliphatic heterocycles. The molecule has 0 atom stereocenters. The third kappa shape index (κ3) is 4.08. The van der Waals surface area contributed by atoms with Crippen molar-refractivity contribution in [2.75, 3.05) is 18.4 Å². The van der Waals surface area contributed by atoms with Gasteiger partial charge in [0.2, 0.25) is 5.91 Å². The molecule has 1 saturated heterocycles. The number of phenolic OH excluding ortho intramolecular Hbond substituents is 1. The third-order valence-electron chi connectivity index (χ3n) is 4.49. The second-order valence-corrected chi connectivity index (χ2v) is 6.28. The van der Waals surface area contributed by atoms with Crippen LogP contribution in [0.1, 0.15) is 23.2 Å². The van der Waals surface area contributed by atoms with Crippen LogP contribution in [0.15, 0.2) is 43.5 Å². The number of phenols is 1. The molecular weight excluding hydrogens is 334 g/mol. The Bertz CT molecular complexity index is 795. The molecule has 2 N–H and O–H groups in total. The maximum atomic E-state index is 12.8. The van der Waals surface area contributed by atoms with Gasteiger partial charge in [0.25, 0.3) is 5.91 Å². The molecule has 1 aliphatic rings. The molecule has 136 valence electrons. The summed E-state index contributed by atoms with van der Waals surface area (Å²) in [4.78, 5) is 29.8. The van der Waals surface area contributed by atoms with Crippen LogP contribution in [0, 0.1) is 5.92 Å². The number of carbonyl (C=O) groups is 2. The molecule has 2 aromatic rings. The van der Waals surface area contributed by atoms with Crippen molar-refractivity contribution in [1.82, 2.24) is 19.7 Å². The topological polar surface area (TPSA) is 100 Å². The van der Waals surface area contributed by atoms with Crippen LogP contribution in [0.3, 0.4) is 0 Å². The zero-order valence-corrected chi connectivity index (χ0v) is 14.3. The first-order chi connectivity index (χ1) is 12.6. The number of anilines is 1. The number of hydrogen-bond acceptors (Lipinski definition) is 5. The summed E-state index contributed by atoms with van der Waals surface area (Å²) in [5.74, 6) is -0.275. The summed E-state index contributed by atoms with van der Waals surface area (Å²) in [6, 6.07) is 4.43. The van der Waals surface area contributed by atoms with Crippen LogP contribution in [0.2, 0.25) is 0 Å². The molecule has 3 rings (SSSR count). The molecule has 0 spiro atoms. The first-order valence-electron chi connectivity index (χ1n) is 8.45. The zero-order valence-electron chi connectivity index (χ0n) is 14.3. The van der Waals surface area contributed by atoms with Gasteiger partial charge >= 0.3 is 0 Å². The van der Waals surface area contributed by atoms with Gasteiger partial charge in [-0.3, -0.25) is 14.3 Å². The number of hydrogen-bond donors (Lipinski definition) is 2. The molecule has 0 saturated carbocycles. The van der Waals surface area contributed by atoms with E-state index in [0.717, 1.165) is 25.5 Å². The number of piperidine rings is 1. The van der Waals surface area contributed by atoms with Crippen LogP contribution < -0.4 is 5.32 Å². The molecule has 0 unspecified atom stereocenters. The van der Waals surface area contributed by atoms with Crippen LogP contribution in [0.25, 0.3) is 0 Å². The van der Waals surface area contributed by atoms with Gasteiger partial charge in [0.05, 0.1) is 5.56 Å². The van der Waals surface area contributed by atoms with Crippen LogP contribution in [-0.2, 0) is 11.3 Å². The lowest BCUT2D eigenvalue weighted by atomic mass is 9.96. The zero-order chi connectivity index (χ0) is 18.5. The Hall–Kier alpha value is -3.16. The lowest BCUT2D eigenvalue weighted by molar-refractivity contribution is -0.111. The van der Waals surface area contributed by atoms with E-state index in [1.807, 2.05) is 0 Å². The highest BCUT2D eigenvalue weighted by Crippen LogP contribution is 2.26. The van der Waals surface area contributed by atoms with Crippen molar-refractivity contribution in [3.8, 4) is 5.75 Å². The highest BCUT2D eigenvalue weighted by molar-refractivity contribution is 6.02. The van der Waals surface area contributed by atoms with E-state index in [1.54, 1.807) is 15.9 Å². The fraction of sp³-hybridized carbons (Fsp3) is 0.333. The van der Waals surface area contributed by atoms with Gasteiger partial charge in [0.15, 0.2) is 0 Å². The highest BCUT2D eigenvalue weighted by atomic mass is 16.3. The SMILES string of the molecule is C=CC(=O)Nc1ccc(O)c(C(=O)N2CCC(Cn3cncn3)CC2)c1. The summed E-state index contributed by atoms with van der Waals surface area (Å²) in [7, 11) is 0. The average molecular weight is 355 g/mol. The van der Waals surface area contributed by atoms with Gasteiger partial charge in [0, 0.05) is 25.3 Å². The molecule has 1 fully saturated rings. The van der Waals surface area contributed by atoms with Crippen molar-refractivity contribution in [2.45, 2.75) is 19.4 Å². The normalized spacial score (nSPS) is 14.8. The minimum atomic E-state index is -0.372. The van der Waals surface area contributed by atoms with Crippen molar-refractivity contribution in [3.05, 3.63) is 49.1 Å². The Morgan fingerprint density at radius 2 is 2.12 bits per heavy atom. The Labute approximate surface area is 151 Å². The van der Waals surface area contributed by atoms with Gasteiger partial charge in [-0.2, -0.15) is 5.10 Å². The molecule has 1 aromatic carbocycles. The van der Waals surface area contributed by atoms with Crippen LogP contribution in [0.5, 0.6) is 5.75 Å². The molecule has 0 bridgehead atoms. The summed E-state index contributed by atoms with van der Waals surface area (Å²) in [5.41, 5.74) is 0.624. The second-order valence-electron chi connectivity index (χ2n) is 6.28. The lowest BCUT2D eigenvalue weighted by Crippen LogP contribution is -2.39. The van der Waals surface area contributed by atoms with E-state index < -0.39 is 0 Å². The summed E-state index contributed by atoms with van der Waals surface area (Å²) >= 11 is 0. The van der Waals surface area contributed by atoms with E-state index in [2.05, 4.69) is 22.0 Å². The highest BCUT2D eigenvalue weighted by Gasteiger charge is 2.25. The molecular formula is C18H21N5O3. The van der Waals surface area contributed by atoms with Gasteiger partial charge in [-0.1, -0.05) is 6.58 Å². The van der Waals surface area contributed by atoms with Crippen LogP contribution in [-0.4, -0.2) is 49.7 Å².